The first-order valence-electron chi connectivity index (χ1n) is 5.34. The summed E-state index contributed by atoms with van der Waals surface area (Å²) in [6.45, 7) is 4.29. The van der Waals surface area contributed by atoms with Crippen molar-refractivity contribution in [1.29, 1.82) is 0 Å². The molecule has 0 N–H and O–H groups in total. The molecule has 2 fully saturated rings. The van der Waals surface area contributed by atoms with Gasteiger partial charge in [-0.05, 0) is 37.8 Å². The van der Waals surface area contributed by atoms with Crippen LogP contribution in [0.15, 0.2) is 11.9 Å². The van der Waals surface area contributed by atoms with Gasteiger partial charge in [0.05, 0.1) is 6.33 Å². The minimum atomic E-state index is 0.354. The smallest absolute Gasteiger partial charge is 0.0872 e. The number of halogens is 1. The van der Waals surface area contributed by atoms with Crippen LogP contribution < -0.4 is 0 Å². The fourth-order valence-electron chi connectivity index (χ4n) is 3.07. The zero-order valence-electron chi connectivity index (χ0n) is 8.35. The first-order valence-corrected chi connectivity index (χ1v) is 5.34. The van der Waals surface area contributed by atoms with Crippen LogP contribution in [-0.2, 0) is 0 Å². The average Bonchev–Trinajstić information content (AvgIpc) is 2.60. The van der Waals surface area contributed by atoms with Crippen molar-refractivity contribution in [2.75, 3.05) is 13.1 Å². The fourth-order valence-corrected chi connectivity index (χ4v) is 3.07. The topological polar surface area (TPSA) is 3.24 Å². The second-order valence-corrected chi connectivity index (χ2v) is 4.44. The molecule has 1 nitrogen and oxygen atoms in total. The van der Waals surface area contributed by atoms with E-state index in [1.165, 1.54) is 32.2 Å². The van der Waals surface area contributed by atoms with Gasteiger partial charge in [0.1, 0.15) is 0 Å². The van der Waals surface area contributed by atoms with Gasteiger partial charge in [0, 0.05) is 12.1 Å². The van der Waals surface area contributed by atoms with E-state index < -0.39 is 0 Å². The van der Waals surface area contributed by atoms with Gasteiger partial charge in [0.25, 0.3) is 0 Å². The highest BCUT2D eigenvalue weighted by molar-refractivity contribution is 5.18. The summed E-state index contributed by atoms with van der Waals surface area (Å²) in [7, 11) is 0. The van der Waals surface area contributed by atoms with Crippen LogP contribution in [0.25, 0.3) is 0 Å². The molecule has 2 aliphatic rings. The van der Waals surface area contributed by atoms with Crippen molar-refractivity contribution < 1.29 is 4.39 Å². The summed E-state index contributed by atoms with van der Waals surface area (Å²) in [6.07, 6.45) is 6.85. The maximum Gasteiger partial charge on any atom is 0.0872 e. The Bertz CT molecular complexity index is 224. The molecular formula is C11H18FN. The third kappa shape index (κ3) is 1.41. The summed E-state index contributed by atoms with van der Waals surface area (Å²) in [5.41, 5.74) is 1.36. The monoisotopic (exact) mass is 183 g/mol. The number of rotatable bonds is 2. The predicted molar refractivity (Wildman–Crippen MR) is 52.3 cm³/mol. The van der Waals surface area contributed by atoms with Gasteiger partial charge in [0.15, 0.2) is 0 Å². The van der Waals surface area contributed by atoms with Gasteiger partial charge >= 0.3 is 0 Å². The molecule has 1 unspecified atom stereocenters. The van der Waals surface area contributed by atoms with Crippen LogP contribution in [0.3, 0.4) is 0 Å². The minimum Gasteiger partial charge on any atom is -0.293 e. The summed E-state index contributed by atoms with van der Waals surface area (Å²) in [5, 5.41) is 0. The van der Waals surface area contributed by atoms with Crippen molar-refractivity contribution in [2.45, 2.75) is 44.6 Å². The lowest BCUT2D eigenvalue weighted by molar-refractivity contribution is 0.181. The first kappa shape index (κ1) is 9.20. The molecule has 2 saturated heterocycles. The summed E-state index contributed by atoms with van der Waals surface area (Å²) in [4.78, 5) is 2.49. The Balaban J connectivity index is 2.14. The van der Waals surface area contributed by atoms with Crippen LogP contribution in [0.1, 0.15) is 39.0 Å². The summed E-state index contributed by atoms with van der Waals surface area (Å²) in [6, 6.07) is 0. The third-order valence-corrected chi connectivity index (χ3v) is 3.56. The molecule has 13 heavy (non-hydrogen) atoms. The van der Waals surface area contributed by atoms with Crippen LogP contribution in [0.2, 0.25) is 0 Å². The molecule has 2 aliphatic heterocycles. The molecule has 1 atom stereocenters. The maximum absolute atomic E-state index is 12.4. The lowest BCUT2D eigenvalue weighted by Gasteiger charge is -2.31. The molecule has 2 rings (SSSR count). The Hall–Kier alpha value is -0.370. The van der Waals surface area contributed by atoms with Gasteiger partial charge in [-0.15, -0.1) is 0 Å². The zero-order valence-corrected chi connectivity index (χ0v) is 8.35. The summed E-state index contributed by atoms with van der Waals surface area (Å²) < 4.78 is 12.4. The molecule has 0 radical (unpaired) electrons. The van der Waals surface area contributed by atoms with E-state index >= 15 is 0 Å². The second kappa shape index (κ2) is 3.41. The van der Waals surface area contributed by atoms with Crippen LogP contribution in [-0.4, -0.2) is 23.5 Å². The molecule has 0 aromatic carbocycles. The molecule has 0 spiro atoms. The third-order valence-electron chi connectivity index (χ3n) is 3.56. The lowest BCUT2D eigenvalue weighted by atomic mass is 9.88. The van der Waals surface area contributed by atoms with E-state index in [2.05, 4.69) is 11.8 Å². The largest absolute Gasteiger partial charge is 0.293 e. The number of hydrogen-bond donors (Lipinski definition) is 0. The average molecular weight is 183 g/mol. The first-order chi connectivity index (χ1) is 6.30. The summed E-state index contributed by atoms with van der Waals surface area (Å²) >= 11 is 0. The van der Waals surface area contributed by atoms with Gasteiger partial charge in [-0.25, -0.2) is 4.39 Å². The van der Waals surface area contributed by atoms with Gasteiger partial charge in [0.2, 0.25) is 0 Å². The van der Waals surface area contributed by atoms with Crippen molar-refractivity contribution >= 4 is 0 Å². The number of nitrogens with zero attached hydrogens (tertiary/aromatic N) is 1. The fraction of sp³-hybridized carbons (Fsp3) is 0.818. The molecular weight excluding hydrogens is 165 g/mol. The van der Waals surface area contributed by atoms with E-state index in [9.17, 15) is 4.39 Å². The van der Waals surface area contributed by atoms with Crippen molar-refractivity contribution in [3.05, 3.63) is 11.9 Å². The Morgan fingerprint density at radius 3 is 3.15 bits per heavy atom. The standard InChI is InChI=1S/C11H18FN/c1-2-4-11-5-3-6-13(11)9-10(7-11)8-12/h8H,2-7,9H2,1H3/b10-8+. The van der Waals surface area contributed by atoms with Gasteiger partial charge < -0.3 is 0 Å². The molecule has 2 heterocycles. The van der Waals surface area contributed by atoms with Gasteiger partial charge in [-0.3, -0.25) is 4.90 Å². The SMILES string of the molecule is CCCC12CCCN1C/C(=C/F)C2. The minimum absolute atomic E-state index is 0.354. The van der Waals surface area contributed by atoms with E-state index in [-0.39, 0.29) is 0 Å². The van der Waals surface area contributed by atoms with E-state index in [0.717, 1.165) is 24.9 Å². The number of hydrogen-bond acceptors (Lipinski definition) is 1. The molecule has 2 heteroatoms. The highest BCUT2D eigenvalue weighted by atomic mass is 19.1. The molecule has 0 aliphatic carbocycles. The van der Waals surface area contributed by atoms with E-state index in [1.54, 1.807) is 0 Å². The molecule has 0 aromatic heterocycles. The molecule has 0 amide bonds. The highest BCUT2D eigenvalue weighted by Crippen LogP contribution is 2.44. The van der Waals surface area contributed by atoms with Crippen molar-refractivity contribution in [3.63, 3.8) is 0 Å². The van der Waals surface area contributed by atoms with E-state index in [1.807, 2.05) is 0 Å². The normalized spacial score (nSPS) is 37.2. The van der Waals surface area contributed by atoms with Crippen LogP contribution in [0.5, 0.6) is 0 Å². The van der Waals surface area contributed by atoms with Crippen molar-refractivity contribution in [2.24, 2.45) is 0 Å². The molecule has 0 saturated carbocycles. The molecule has 74 valence electrons. The predicted octanol–water partition coefficient (Wildman–Crippen LogP) is 2.88. The Morgan fingerprint density at radius 1 is 1.62 bits per heavy atom. The lowest BCUT2D eigenvalue weighted by Crippen LogP contribution is -2.37. The van der Waals surface area contributed by atoms with Gasteiger partial charge in [-0.1, -0.05) is 13.3 Å². The zero-order chi connectivity index (χ0) is 9.31. The summed E-state index contributed by atoms with van der Waals surface area (Å²) in [5.74, 6) is 0. The van der Waals surface area contributed by atoms with E-state index in [0.29, 0.717) is 5.54 Å². The second-order valence-electron chi connectivity index (χ2n) is 4.44. The van der Waals surface area contributed by atoms with Crippen LogP contribution in [0.4, 0.5) is 4.39 Å². The quantitative estimate of drug-likeness (QED) is 0.636. The van der Waals surface area contributed by atoms with Crippen molar-refractivity contribution in [3.8, 4) is 0 Å². The van der Waals surface area contributed by atoms with Crippen molar-refractivity contribution in [1.82, 2.24) is 4.90 Å². The Kier molecular flexibility index (Phi) is 2.41. The van der Waals surface area contributed by atoms with Crippen LogP contribution >= 0.6 is 0 Å². The van der Waals surface area contributed by atoms with Crippen LogP contribution in [0, 0.1) is 0 Å². The maximum atomic E-state index is 12.4. The highest BCUT2D eigenvalue weighted by Gasteiger charge is 2.45. The molecule has 0 aromatic rings. The molecule has 0 bridgehead atoms. The van der Waals surface area contributed by atoms with Gasteiger partial charge in [-0.2, -0.15) is 0 Å². The Labute approximate surface area is 79.6 Å². The Morgan fingerprint density at radius 2 is 2.46 bits per heavy atom. The van der Waals surface area contributed by atoms with E-state index in [4.69, 9.17) is 0 Å². The number of fused-ring (bicyclic) bond motifs is 1.